The van der Waals surface area contributed by atoms with E-state index >= 15 is 0 Å². The molecular weight excluding hydrogens is 420 g/mol. The van der Waals surface area contributed by atoms with Crippen molar-refractivity contribution >= 4 is 50.4 Å². The molecule has 0 aliphatic heterocycles. The molecule has 0 amide bonds. The molecule has 0 aliphatic rings. The Morgan fingerprint density at radius 3 is 2.33 bits per heavy atom. The molecule has 0 atom stereocenters. The first-order valence-electron chi connectivity index (χ1n) is 7.94. The maximum absolute atomic E-state index is 10.7. The van der Waals surface area contributed by atoms with Crippen LogP contribution in [0.3, 0.4) is 0 Å². The van der Waals surface area contributed by atoms with Crippen LogP contribution in [-0.2, 0) is 10.1 Å². The zero-order chi connectivity index (χ0) is 19.2. The van der Waals surface area contributed by atoms with Crippen molar-refractivity contribution in [2.75, 3.05) is 23.7 Å². The van der Waals surface area contributed by atoms with E-state index < -0.39 is 10.1 Å². The van der Waals surface area contributed by atoms with E-state index in [2.05, 4.69) is 10.2 Å². The van der Waals surface area contributed by atoms with Crippen molar-refractivity contribution in [2.24, 2.45) is 10.2 Å². The number of rotatable bonds is 8. The minimum Gasteiger partial charge on any atom is -0.748 e. The molecule has 0 spiro atoms. The van der Waals surface area contributed by atoms with Crippen LogP contribution in [0.25, 0.3) is 0 Å². The number of hydrogen-bond acceptors (Lipinski definition) is 6. The number of azo groups is 1. The molecule has 0 N–H and O–H groups in total. The molecule has 140 valence electrons. The summed E-state index contributed by atoms with van der Waals surface area (Å²) >= 11 is 12.0. The van der Waals surface area contributed by atoms with Crippen LogP contribution in [0, 0.1) is 0 Å². The molecule has 0 saturated carbocycles. The quantitative estimate of drug-likeness (QED) is 0.359. The molecule has 2 aromatic carbocycles. The summed E-state index contributed by atoms with van der Waals surface area (Å²) in [6.45, 7) is 3.13. The predicted molar refractivity (Wildman–Crippen MR) is 104 cm³/mol. The van der Waals surface area contributed by atoms with Crippen LogP contribution in [0.2, 0.25) is 10.0 Å². The van der Waals surface area contributed by atoms with E-state index in [9.17, 15) is 13.0 Å². The van der Waals surface area contributed by atoms with Gasteiger partial charge in [-0.05, 0) is 55.8 Å². The molecule has 0 saturated heterocycles. The molecule has 27 heavy (non-hydrogen) atoms. The van der Waals surface area contributed by atoms with Gasteiger partial charge in [-0.15, -0.1) is 5.11 Å². The maximum Gasteiger partial charge on any atom is 1.00 e. The molecule has 10 heteroatoms. The number of nitrogens with zero attached hydrogens (tertiary/aromatic N) is 3. The molecule has 0 aromatic heterocycles. The molecular formula is C17H18Cl2N3NaO3S. The zero-order valence-electron chi connectivity index (χ0n) is 15.1. The van der Waals surface area contributed by atoms with Crippen molar-refractivity contribution in [1.82, 2.24) is 0 Å². The standard InChI is InChI=1S/C17H19Cl2N3O3S.Na/c1-2-22(10-3-11-26(23,24)25)15-7-5-14(6-8-15)20-21-17-12-13(18)4-9-16(17)19;/h4-9,12H,2-3,10-11H2,1H3,(H,23,24,25);/q;+1/p-1. The molecule has 0 unspecified atom stereocenters. The Balaban J connectivity index is 0.00000364. The second kappa shape index (κ2) is 11.4. The zero-order valence-corrected chi connectivity index (χ0v) is 19.4. The van der Waals surface area contributed by atoms with Crippen molar-refractivity contribution < 1.29 is 42.5 Å². The number of benzene rings is 2. The Morgan fingerprint density at radius 2 is 1.74 bits per heavy atom. The molecule has 0 heterocycles. The molecule has 0 aliphatic carbocycles. The second-order valence-electron chi connectivity index (χ2n) is 5.51. The summed E-state index contributed by atoms with van der Waals surface area (Å²) in [6, 6.07) is 12.3. The Hall–Kier alpha value is -0.670. The van der Waals surface area contributed by atoms with Crippen molar-refractivity contribution in [3.05, 3.63) is 52.5 Å². The Labute approximate surface area is 191 Å². The first kappa shape index (κ1) is 24.4. The Bertz CT molecular complexity index is 877. The topological polar surface area (TPSA) is 85.2 Å². The van der Waals surface area contributed by atoms with E-state index in [0.717, 1.165) is 5.69 Å². The first-order valence-corrected chi connectivity index (χ1v) is 10.3. The van der Waals surface area contributed by atoms with Gasteiger partial charge < -0.3 is 9.45 Å². The van der Waals surface area contributed by atoms with Gasteiger partial charge in [0.2, 0.25) is 0 Å². The maximum atomic E-state index is 10.7. The molecule has 0 radical (unpaired) electrons. The normalized spacial score (nSPS) is 11.4. The van der Waals surface area contributed by atoms with Crippen LogP contribution < -0.4 is 34.5 Å². The summed E-state index contributed by atoms with van der Waals surface area (Å²) < 4.78 is 32.1. The van der Waals surface area contributed by atoms with E-state index in [1.807, 2.05) is 24.0 Å². The van der Waals surface area contributed by atoms with Gasteiger partial charge in [-0.2, -0.15) is 5.11 Å². The summed E-state index contributed by atoms with van der Waals surface area (Å²) in [6.07, 6.45) is 0.286. The molecule has 6 nitrogen and oxygen atoms in total. The second-order valence-corrected chi connectivity index (χ2v) is 7.87. The van der Waals surface area contributed by atoms with Gasteiger partial charge in [0.15, 0.2) is 0 Å². The van der Waals surface area contributed by atoms with Crippen LogP contribution in [0.1, 0.15) is 13.3 Å². The van der Waals surface area contributed by atoms with Gasteiger partial charge in [0, 0.05) is 29.6 Å². The van der Waals surface area contributed by atoms with Gasteiger partial charge in [-0.25, -0.2) is 8.42 Å². The number of hydrogen-bond donors (Lipinski definition) is 0. The van der Waals surface area contributed by atoms with Crippen LogP contribution >= 0.6 is 23.2 Å². The minimum absolute atomic E-state index is 0. The average Bonchev–Trinajstić information content (AvgIpc) is 2.59. The molecule has 2 rings (SSSR count). The fraction of sp³-hybridized carbons (Fsp3) is 0.294. The summed E-state index contributed by atoms with van der Waals surface area (Å²) in [7, 11) is -4.18. The largest absolute Gasteiger partial charge is 1.00 e. The van der Waals surface area contributed by atoms with Gasteiger partial charge in [-0.1, -0.05) is 23.2 Å². The van der Waals surface area contributed by atoms with E-state index in [0.29, 0.717) is 34.5 Å². The predicted octanol–water partition coefficient (Wildman–Crippen LogP) is 2.17. The van der Waals surface area contributed by atoms with Crippen molar-refractivity contribution in [2.45, 2.75) is 13.3 Å². The van der Waals surface area contributed by atoms with E-state index in [4.69, 9.17) is 23.2 Å². The van der Waals surface area contributed by atoms with Crippen molar-refractivity contribution in [3.63, 3.8) is 0 Å². The van der Waals surface area contributed by atoms with E-state index in [-0.39, 0.29) is 41.7 Å². The molecule has 2 aromatic rings. The van der Waals surface area contributed by atoms with Crippen LogP contribution in [0.4, 0.5) is 17.1 Å². The fourth-order valence-corrected chi connectivity index (χ4v) is 3.11. The van der Waals surface area contributed by atoms with Gasteiger partial charge in [0.25, 0.3) is 0 Å². The molecule has 0 bridgehead atoms. The average molecular weight is 438 g/mol. The van der Waals surface area contributed by atoms with Crippen molar-refractivity contribution in [3.8, 4) is 0 Å². The SMILES string of the molecule is CCN(CCCS(=O)(=O)[O-])c1ccc(N=Nc2cc(Cl)ccc2Cl)cc1.[Na+]. The molecule has 0 fully saturated rings. The van der Waals surface area contributed by atoms with Gasteiger partial charge in [-0.3, -0.25) is 0 Å². The third-order valence-corrected chi connectivity index (χ3v) is 4.94. The van der Waals surface area contributed by atoms with Crippen LogP contribution in [0.5, 0.6) is 0 Å². The smallest absolute Gasteiger partial charge is 0.748 e. The Kier molecular flexibility index (Phi) is 10.3. The Morgan fingerprint density at radius 1 is 1.07 bits per heavy atom. The number of anilines is 1. The fourth-order valence-electron chi connectivity index (χ4n) is 2.31. The van der Waals surface area contributed by atoms with Gasteiger partial charge in [0.1, 0.15) is 5.69 Å². The van der Waals surface area contributed by atoms with Gasteiger partial charge >= 0.3 is 29.6 Å². The number of halogens is 2. The van der Waals surface area contributed by atoms with Gasteiger partial charge in [0.05, 0.1) is 20.8 Å². The summed E-state index contributed by atoms with van der Waals surface area (Å²) in [5.41, 5.74) is 2.04. The van der Waals surface area contributed by atoms with Crippen LogP contribution in [0.15, 0.2) is 52.7 Å². The van der Waals surface area contributed by atoms with Crippen LogP contribution in [-0.4, -0.2) is 31.8 Å². The summed E-state index contributed by atoms with van der Waals surface area (Å²) in [5, 5.41) is 9.23. The minimum atomic E-state index is -4.18. The third-order valence-electron chi connectivity index (χ3n) is 3.60. The first-order chi connectivity index (χ1) is 12.3. The summed E-state index contributed by atoms with van der Waals surface area (Å²) in [4.78, 5) is 1.99. The van der Waals surface area contributed by atoms with Crippen molar-refractivity contribution in [1.29, 1.82) is 0 Å². The van der Waals surface area contributed by atoms with E-state index in [1.165, 1.54) is 0 Å². The van der Waals surface area contributed by atoms with E-state index in [1.54, 1.807) is 30.3 Å². The third kappa shape index (κ3) is 8.48. The summed E-state index contributed by atoms with van der Waals surface area (Å²) in [5.74, 6) is -0.365. The monoisotopic (exact) mass is 437 g/mol.